The van der Waals surface area contributed by atoms with Crippen LogP contribution in [0.3, 0.4) is 0 Å². The molecule has 5 rings (SSSR count). The van der Waals surface area contributed by atoms with E-state index in [1.54, 1.807) is 24.5 Å². The van der Waals surface area contributed by atoms with Crippen molar-refractivity contribution in [2.45, 2.75) is 51.9 Å². The highest BCUT2D eigenvalue weighted by molar-refractivity contribution is 5.96. The summed E-state index contributed by atoms with van der Waals surface area (Å²) in [4.78, 5) is 16.2. The van der Waals surface area contributed by atoms with Crippen molar-refractivity contribution in [3.63, 3.8) is 0 Å². The van der Waals surface area contributed by atoms with Gasteiger partial charge in [-0.2, -0.15) is 5.10 Å². The van der Waals surface area contributed by atoms with Crippen LogP contribution in [0.25, 0.3) is 0 Å². The van der Waals surface area contributed by atoms with Crippen molar-refractivity contribution < 1.29 is 4.79 Å². The van der Waals surface area contributed by atoms with E-state index in [1.807, 2.05) is 0 Å². The third-order valence-corrected chi connectivity index (χ3v) is 6.22. The molecule has 4 nitrogen and oxygen atoms in total. The molecule has 0 aromatic carbocycles. The molecule has 1 amide bonds. The minimum absolute atomic E-state index is 0.136. The van der Waals surface area contributed by atoms with Crippen molar-refractivity contribution in [3.05, 3.63) is 30.1 Å². The fraction of sp³-hybridized carbons (Fsp3) is 0.632. The third kappa shape index (κ3) is 2.68. The number of nitrogens with one attached hydrogen (secondary N) is 1. The molecule has 4 fully saturated rings. The van der Waals surface area contributed by atoms with Crippen LogP contribution in [0.15, 0.2) is 29.6 Å². The summed E-state index contributed by atoms with van der Waals surface area (Å²) in [5.74, 6) is 2.56. The Morgan fingerprint density at radius 2 is 1.74 bits per heavy atom. The van der Waals surface area contributed by atoms with Gasteiger partial charge in [-0.25, -0.2) is 5.43 Å². The average Bonchev–Trinajstić information content (AvgIpc) is 2.54. The number of hydrogen-bond donors (Lipinski definition) is 1. The number of hydrazone groups is 1. The summed E-state index contributed by atoms with van der Waals surface area (Å²) in [5, 5.41) is 4.61. The van der Waals surface area contributed by atoms with Crippen molar-refractivity contribution in [1.82, 2.24) is 10.4 Å². The van der Waals surface area contributed by atoms with Gasteiger partial charge in [0.1, 0.15) is 0 Å². The number of amides is 1. The lowest BCUT2D eigenvalue weighted by Crippen LogP contribution is -2.50. The maximum atomic E-state index is 12.2. The Labute approximate surface area is 137 Å². The summed E-state index contributed by atoms with van der Waals surface area (Å²) in [7, 11) is 0. The standard InChI is InChI=1S/C19H25N3O/c1-2-17(21-22-18(23)16-3-5-20-6-4-16)19-10-13-7-14(11-19)9-15(8-13)12-19/h3-6,13-15H,2,7-12H2,1H3,(H,22,23)/b21-17-. The minimum Gasteiger partial charge on any atom is -0.267 e. The highest BCUT2D eigenvalue weighted by Crippen LogP contribution is 2.60. The minimum atomic E-state index is -0.136. The maximum Gasteiger partial charge on any atom is 0.271 e. The van der Waals surface area contributed by atoms with E-state index < -0.39 is 0 Å². The Morgan fingerprint density at radius 3 is 2.26 bits per heavy atom. The van der Waals surface area contributed by atoms with Crippen LogP contribution in [-0.4, -0.2) is 16.6 Å². The van der Waals surface area contributed by atoms with Crippen LogP contribution in [0.4, 0.5) is 0 Å². The average molecular weight is 311 g/mol. The fourth-order valence-electron chi connectivity index (χ4n) is 5.72. The first-order chi connectivity index (χ1) is 11.2. The van der Waals surface area contributed by atoms with Gasteiger partial charge < -0.3 is 0 Å². The molecule has 1 N–H and O–H groups in total. The summed E-state index contributed by atoms with van der Waals surface area (Å²) < 4.78 is 0. The quantitative estimate of drug-likeness (QED) is 0.679. The van der Waals surface area contributed by atoms with E-state index in [9.17, 15) is 4.79 Å². The van der Waals surface area contributed by atoms with Gasteiger partial charge in [0.15, 0.2) is 0 Å². The van der Waals surface area contributed by atoms with Gasteiger partial charge in [-0.15, -0.1) is 0 Å². The summed E-state index contributed by atoms with van der Waals surface area (Å²) in [5.41, 5.74) is 4.91. The number of nitrogens with zero attached hydrogens (tertiary/aromatic N) is 2. The molecule has 4 heteroatoms. The Kier molecular flexibility index (Phi) is 3.70. The van der Waals surface area contributed by atoms with Gasteiger partial charge >= 0.3 is 0 Å². The zero-order valence-corrected chi connectivity index (χ0v) is 13.8. The van der Waals surface area contributed by atoms with Crippen LogP contribution in [0, 0.1) is 23.2 Å². The molecule has 4 aliphatic rings. The van der Waals surface area contributed by atoms with E-state index in [2.05, 4.69) is 22.4 Å². The van der Waals surface area contributed by atoms with E-state index in [0.29, 0.717) is 5.56 Å². The van der Waals surface area contributed by atoms with E-state index in [0.717, 1.165) is 24.2 Å². The molecule has 0 saturated heterocycles. The van der Waals surface area contributed by atoms with Crippen molar-refractivity contribution in [1.29, 1.82) is 0 Å². The predicted octanol–water partition coefficient (Wildman–Crippen LogP) is 3.79. The lowest BCUT2D eigenvalue weighted by Gasteiger charge is -2.57. The number of rotatable bonds is 4. The summed E-state index contributed by atoms with van der Waals surface area (Å²) in [6.07, 6.45) is 12.4. The van der Waals surface area contributed by atoms with Crippen LogP contribution in [0.2, 0.25) is 0 Å². The lowest BCUT2D eigenvalue weighted by atomic mass is 9.48. The molecule has 0 spiro atoms. The van der Waals surface area contributed by atoms with Gasteiger partial charge in [-0.3, -0.25) is 9.78 Å². The molecule has 122 valence electrons. The van der Waals surface area contributed by atoms with Crippen LogP contribution in [0.1, 0.15) is 62.2 Å². The van der Waals surface area contributed by atoms with Gasteiger partial charge in [0.25, 0.3) is 5.91 Å². The predicted molar refractivity (Wildman–Crippen MR) is 90.0 cm³/mol. The van der Waals surface area contributed by atoms with Crippen LogP contribution < -0.4 is 5.43 Å². The summed E-state index contributed by atoms with van der Waals surface area (Å²) >= 11 is 0. The number of carbonyl (C=O) groups excluding carboxylic acids is 1. The molecule has 4 saturated carbocycles. The summed E-state index contributed by atoms with van der Waals surface area (Å²) in [6, 6.07) is 3.45. The number of aromatic nitrogens is 1. The van der Waals surface area contributed by atoms with Crippen LogP contribution >= 0.6 is 0 Å². The molecule has 4 bridgehead atoms. The van der Waals surface area contributed by atoms with E-state index in [4.69, 9.17) is 0 Å². The van der Waals surface area contributed by atoms with Gasteiger partial charge in [0.2, 0.25) is 0 Å². The van der Waals surface area contributed by atoms with Crippen molar-refractivity contribution in [3.8, 4) is 0 Å². The first-order valence-corrected chi connectivity index (χ1v) is 8.96. The second kappa shape index (κ2) is 5.73. The van der Waals surface area contributed by atoms with Crippen molar-refractivity contribution in [2.24, 2.45) is 28.3 Å². The molecule has 0 atom stereocenters. The molecule has 1 heterocycles. The van der Waals surface area contributed by atoms with Crippen molar-refractivity contribution in [2.75, 3.05) is 0 Å². The molecule has 1 aromatic heterocycles. The summed E-state index contributed by atoms with van der Waals surface area (Å²) in [6.45, 7) is 2.18. The molecule has 0 unspecified atom stereocenters. The van der Waals surface area contributed by atoms with Gasteiger partial charge in [-0.1, -0.05) is 6.92 Å². The second-order valence-corrected chi connectivity index (χ2v) is 7.79. The van der Waals surface area contributed by atoms with Gasteiger partial charge in [0, 0.05) is 29.1 Å². The van der Waals surface area contributed by atoms with Crippen LogP contribution in [0.5, 0.6) is 0 Å². The monoisotopic (exact) mass is 311 g/mol. The second-order valence-electron chi connectivity index (χ2n) is 7.79. The molecule has 0 aliphatic heterocycles. The highest BCUT2D eigenvalue weighted by Gasteiger charge is 2.52. The zero-order valence-electron chi connectivity index (χ0n) is 13.8. The van der Waals surface area contributed by atoms with Gasteiger partial charge in [0.05, 0.1) is 0 Å². The first-order valence-electron chi connectivity index (χ1n) is 8.96. The van der Waals surface area contributed by atoms with Crippen LogP contribution in [-0.2, 0) is 0 Å². The topological polar surface area (TPSA) is 54.4 Å². The number of carbonyl (C=O) groups is 1. The fourth-order valence-corrected chi connectivity index (χ4v) is 5.72. The third-order valence-electron chi connectivity index (χ3n) is 6.22. The number of hydrogen-bond acceptors (Lipinski definition) is 3. The molecular weight excluding hydrogens is 286 g/mol. The first kappa shape index (κ1) is 14.9. The maximum absolute atomic E-state index is 12.2. The lowest BCUT2D eigenvalue weighted by molar-refractivity contribution is -0.0134. The normalized spacial score (nSPS) is 35.3. The molecule has 0 radical (unpaired) electrons. The highest BCUT2D eigenvalue weighted by atomic mass is 16.2. The molecule has 23 heavy (non-hydrogen) atoms. The zero-order chi connectivity index (χ0) is 15.9. The SMILES string of the molecule is CC/C(=N/NC(=O)c1ccncc1)C12CC3CC(CC(C3)C1)C2. The van der Waals surface area contributed by atoms with Gasteiger partial charge in [-0.05, 0) is 74.8 Å². The molecular formula is C19H25N3O. The van der Waals surface area contributed by atoms with Crippen molar-refractivity contribution >= 4 is 11.6 Å². The Balaban J connectivity index is 1.53. The Hall–Kier alpha value is -1.71. The number of pyridine rings is 1. The molecule has 1 aromatic rings. The Morgan fingerprint density at radius 1 is 1.17 bits per heavy atom. The Bertz CT molecular complexity index is 587. The smallest absolute Gasteiger partial charge is 0.267 e. The van der Waals surface area contributed by atoms with E-state index >= 15 is 0 Å². The van der Waals surface area contributed by atoms with E-state index in [1.165, 1.54) is 44.2 Å². The van der Waals surface area contributed by atoms with E-state index in [-0.39, 0.29) is 11.3 Å². The molecule has 4 aliphatic carbocycles. The largest absolute Gasteiger partial charge is 0.271 e.